The van der Waals surface area contributed by atoms with Gasteiger partial charge in [-0.3, -0.25) is 4.57 Å². The molecule has 0 N–H and O–H groups in total. The maximum Gasteiger partial charge on any atom is 0.137 e. The Labute approximate surface area is 353 Å². The zero-order valence-corrected chi connectivity index (χ0v) is 35.8. The number of nitrogens with zero attached hydrogens (tertiary/aromatic N) is 5. The minimum Gasteiger partial charge on any atom is -0.310 e. The molecule has 3 aromatic heterocycles. The highest BCUT2D eigenvalue weighted by atomic mass is 15.3. The lowest BCUT2D eigenvalue weighted by atomic mass is 9.73. The Morgan fingerprint density at radius 2 is 1.15 bits per heavy atom. The van der Waals surface area contributed by atoms with E-state index in [9.17, 15) is 0 Å². The molecule has 0 saturated heterocycles. The van der Waals surface area contributed by atoms with Crippen molar-refractivity contribution in [3.8, 4) is 33.9 Å². The van der Waals surface area contributed by atoms with Gasteiger partial charge in [-0.15, -0.1) is 0 Å². The van der Waals surface area contributed by atoms with Gasteiger partial charge in [-0.1, -0.05) is 165 Å². The molecule has 60 heavy (non-hydrogen) atoms. The molecule has 6 aromatic carbocycles. The van der Waals surface area contributed by atoms with Crippen LogP contribution in [0, 0.1) is 0 Å². The Hall–Kier alpha value is -6.72. The van der Waals surface area contributed by atoms with Crippen LogP contribution in [-0.4, -0.2) is 19.3 Å². The fourth-order valence-electron chi connectivity index (χ4n) is 9.44. The molecule has 4 heterocycles. The van der Waals surface area contributed by atoms with Crippen LogP contribution in [0.25, 0.3) is 55.7 Å². The Morgan fingerprint density at radius 1 is 0.517 bits per heavy atom. The van der Waals surface area contributed by atoms with Gasteiger partial charge in [-0.25, -0.2) is 9.67 Å². The third-order valence-corrected chi connectivity index (χ3v) is 12.4. The van der Waals surface area contributed by atoms with Gasteiger partial charge in [0, 0.05) is 44.6 Å². The lowest BCUT2D eigenvalue weighted by Crippen LogP contribution is -2.31. The fraction of sp³-hybridized carbons (Fsp3) is 0.200. The predicted molar refractivity (Wildman–Crippen MR) is 251 cm³/mol. The molecule has 5 heteroatoms. The van der Waals surface area contributed by atoms with Gasteiger partial charge in [0.25, 0.3) is 0 Å². The van der Waals surface area contributed by atoms with Gasteiger partial charge in [0.15, 0.2) is 0 Å². The van der Waals surface area contributed by atoms with Crippen LogP contribution < -0.4 is 4.90 Å². The zero-order chi connectivity index (χ0) is 41.6. The van der Waals surface area contributed by atoms with Crippen molar-refractivity contribution in [1.29, 1.82) is 0 Å². The van der Waals surface area contributed by atoms with Crippen LogP contribution >= 0.6 is 0 Å². The summed E-state index contributed by atoms with van der Waals surface area (Å²) in [5, 5.41) is 7.95. The van der Waals surface area contributed by atoms with Gasteiger partial charge in [0.05, 0.1) is 33.8 Å². The first-order valence-corrected chi connectivity index (χ1v) is 21.1. The molecule has 0 spiro atoms. The second kappa shape index (κ2) is 13.7. The van der Waals surface area contributed by atoms with Gasteiger partial charge in [0.2, 0.25) is 0 Å². The van der Waals surface area contributed by atoms with Crippen LogP contribution in [-0.2, 0) is 16.2 Å². The summed E-state index contributed by atoms with van der Waals surface area (Å²) in [4.78, 5) is 7.46. The van der Waals surface area contributed by atoms with Gasteiger partial charge < -0.3 is 4.90 Å². The molecule has 0 aliphatic carbocycles. The molecule has 296 valence electrons. The summed E-state index contributed by atoms with van der Waals surface area (Å²) >= 11 is 0. The summed E-state index contributed by atoms with van der Waals surface area (Å²) in [7, 11) is 0. The number of pyridine rings is 1. The molecule has 0 fully saturated rings. The number of fused-ring (bicyclic) bond motifs is 5. The van der Waals surface area contributed by atoms with E-state index in [1.54, 1.807) is 0 Å². The third-order valence-electron chi connectivity index (χ3n) is 12.4. The van der Waals surface area contributed by atoms with E-state index in [-0.39, 0.29) is 16.2 Å². The number of hydrogen-bond acceptors (Lipinski definition) is 3. The Bertz CT molecular complexity index is 3080. The smallest absolute Gasteiger partial charge is 0.137 e. The van der Waals surface area contributed by atoms with E-state index in [1.807, 2.05) is 6.20 Å². The van der Waals surface area contributed by atoms with E-state index in [2.05, 4.69) is 227 Å². The molecule has 0 radical (unpaired) electrons. The average Bonchev–Trinajstić information content (AvgIpc) is 3.82. The number of benzene rings is 6. The van der Waals surface area contributed by atoms with E-state index >= 15 is 0 Å². The molecule has 0 bridgehead atoms. The normalized spacial score (nSPS) is 13.8. The van der Waals surface area contributed by atoms with Crippen molar-refractivity contribution >= 4 is 38.9 Å². The molecule has 10 rings (SSSR count). The molecular formula is C55H51N5. The van der Waals surface area contributed by atoms with Crippen molar-refractivity contribution < 1.29 is 0 Å². The molecule has 5 nitrogen and oxygen atoms in total. The minimum absolute atomic E-state index is 0.0154. The van der Waals surface area contributed by atoms with Crippen molar-refractivity contribution in [1.82, 2.24) is 19.3 Å². The third kappa shape index (κ3) is 5.98. The zero-order valence-electron chi connectivity index (χ0n) is 35.8. The van der Waals surface area contributed by atoms with E-state index in [0.717, 1.165) is 56.3 Å². The topological polar surface area (TPSA) is 38.9 Å². The highest BCUT2D eigenvalue weighted by molar-refractivity contribution is 6.10. The van der Waals surface area contributed by atoms with E-state index in [0.29, 0.717) is 0 Å². The van der Waals surface area contributed by atoms with Crippen molar-refractivity contribution in [3.63, 3.8) is 0 Å². The van der Waals surface area contributed by atoms with Gasteiger partial charge in [-0.2, -0.15) is 5.10 Å². The molecule has 1 aliphatic heterocycles. The molecule has 1 aliphatic rings. The first kappa shape index (κ1) is 37.5. The fourth-order valence-corrected chi connectivity index (χ4v) is 9.44. The molecule has 9 aromatic rings. The Kier molecular flexibility index (Phi) is 8.55. The van der Waals surface area contributed by atoms with Gasteiger partial charge >= 0.3 is 0 Å². The molecular weight excluding hydrogens is 731 g/mol. The largest absolute Gasteiger partial charge is 0.310 e. The first-order chi connectivity index (χ1) is 28.8. The molecule has 0 unspecified atom stereocenters. The van der Waals surface area contributed by atoms with Crippen LogP contribution in [0.15, 0.2) is 164 Å². The summed E-state index contributed by atoms with van der Waals surface area (Å²) in [5.41, 5.74) is 15.6. The predicted octanol–water partition coefficient (Wildman–Crippen LogP) is 14.4. The first-order valence-electron chi connectivity index (χ1n) is 21.1. The molecule has 0 saturated carbocycles. The number of aromatic nitrogens is 4. The van der Waals surface area contributed by atoms with Crippen LogP contribution in [0.1, 0.15) is 77.8 Å². The number of hydrogen-bond donors (Lipinski definition) is 0. The Morgan fingerprint density at radius 3 is 1.88 bits per heavy atom. The maximum atomic E-state index is 5.54. The van der Waals surface area contributed by atoms with Crippen LogP contribution in [0.4, 0.5) is 17.1 Å². The summed E-state index contributed by atoms with van der Waals surface area (Å²) in [6.45, 7) is 18.4. The van der Waals surface area contributed by atoms with E-state index in [4.69, 9.17) is 10.1 Å². The quantitative estimate of drug-likeness (QED) is 0.175. The number of anilines is 3. The maximum absolute atomic E-state index is 5.54. The number of para-hydroxylation sites is 2. The summed E-state index contributed by atoms with van der Waals surface area (Å²) in [6, 6.07) is 57.3. The van der Waals surface area contributed by atoms with Crippen molar-refractivity contribution in [2.75, 3.05) is 4.90 Å². The van der Waals surface area contributed by atoms with E-state index < -0.39 is 0 Å². The van der Waals surface area contributed by atoms with Crippen molar-refractivity contribution in [2.24, 2.45) is 0 Å². The van der Waals surface area contributed by atoms with E-state index in [1.165, 1.54) is 38.8 Å². The Balaban J connectivity index is 1.23. The van der Waals surface area contributed by atoms with Gasteiger partial charge in [0.1, 0.15) is 11.5 Å². The van der Waals surface area contributed by atoms with Crippen LogP contribution in [0.5, 0.6) is 0 Å². The summed E-state index contributed by atoms with van der Waals surface area (Å²) in [6.07, 6.45) is 1.95. The lowest BCUT2D eigenvalue weighted by molar-refractivity contribution is 0.545. The standard InChI is InChI=1S/C55H51N5/c1-53(2,3)38-31-32-56-49(33-38)59-45-25-17-15-23-41(45)42-29-27-39(34-47(42)59)58-46-26-18-16-24-43(46)55(7,8)44-30-28-40(35-48(44)58)60-52(54(4,5)6)50(36-19-11-9-12-20-36)51(57-60)37-21-13-10-14-22-37/h9-35H,1-8H3. The van der Waals surface area contributed by atoms with Crippen LogP contribution in [0.2, 0.25) is 0 Å². The minimum atomic E-state index is -0.251. The lowest BCUT2D eigenvalue weighted by Gasteiger charge is -2.42. The molecule has 0 atom stereocenters. The second-order valence-electron chi connectivity index (χ2n) is 18.9. The van der Waals surface area contributed by atoms with Gasteiger partial charge in [-0.05, 0) is 76.2 Å². The van der Waals surface area contributed by atoms with Crippen molar-refractivity contribution in [3.05, 3.63) is 186 Å². The second-order valence-corrected chi connectivity index (χ2v) is 18.9. The van der Waals surface area contributed by atoms with Crippen LogP contribution in [0.3, 0.4) is 0 Å². The molecule has 0 amide bonds. The highest BCUT2D eigenvalue weighted by Crippen LogP contribution is 2.53. The monoisotopic (exact) mass is 781 g/mol. The average molecular weight is 782 g/mol. The summed E-state index contributed by atoms with van der Waals surface area (Å²) in [5.74, 6) is 0.922. The SMILES string of the molecule is CC(C)(C)c1ccnc(-n2c3ccccc3c3ccc(N4c5ccccc5C(C)(C)c5ccc(-n6nc(-c7ccccc7)c(-c7ccccc7)c6C(C)(C)C)cc54)cc32)c1. The van der Waals surface area contributed by atoms with Crippen molar-refractivity contribution in [2.45, 2.75) is 71.6 Å². The summed E-state index contributed by atoms with van der Waals surface area (Å²) < 4.78 is 4.56. The number of rotatable bonds is 5. The highest BCUT2D eigenvalue weighted by Gasteiger charge is 2.38.